The summed E-state index contributed by atoms with van der Waals surface area (Å²) in [5.41, 5.74) is 3.73. The monoisotopic (exact) mass is 220 g/mol. The van der Waals surface area contributed by atoms with Gasteiger partial charge in [-0.15, -0.1) is 0 Å². The second-order valence-corrected chi connectivity index (χ2v) is 3.16. The van der Waals surface area contributed by atoms with Crippen molar-refractivity contribution in [3.8, 4) is 0 Å². The fraction of sp³-hybridized carbons (Fsp3) is 0.400. The predicted octanol–water partition coefficient (Wildman–Crippen LogP) is 1.70. The first-order valence-electron chi connectivity index (χ1n) is 5.11. The minimum absolute atomic E-state index is 0.465. The summed E-state index contributed by atoms with van der Waals surface area (Å²) < 4.78 is 0. The number of rotatable bonds is 6. The maximum Gasteiger partial charge on any atom is 0.220 e. The van der Waals surface area contributed by atoms with Crippen molar-refractivity contribution in [3.63, 3.8) is 0 Å². The van der Waals surface area contributed by atoms with Crippen LogP contribution in [0.4, 0.5) is 5.95 Å². The number of hydrogen-bond acceptors (Lipinski definition) is 5. The molecule has 6 nitrogen and oxygen atoms in total. The Labute approximate surface area is 94.4 Å². The number of aromatic nitrogens is 2. The van der Waals surface area contributed by atoms with E-state index in [1.807, 2.05) is 6.92 Å². The quantitative estimate of drug-likeness (QED) is 0.503. The van der Waals surface area contributed by atoms with Crippen molar-refractivity contribution in [2.24, 2.45) is 10.1 Å². The Hall–Kier alpha value is -1.98. The average molecular weight is 220 g/mol. The van der Waals surface area contributed by atoms with E-state index < -0.39 is 0 Å². The smallest absolute Gasteiger partial charge is 0.220 e. The number of anilines is 1. The average Bonchev–Trinajstić information content (AvgIpc) is 2.77. The molecule has 1 rings (SSSR count). The van der Waals surface area contributed by atoms with Gasteiger partial charge in [0, 0.05) is 19.4 Å². The molecule has 0 fully saturated rings. The summed E-state index contributed by atoms with van der Waals surface area (Å²) in [4.78, 5) is 10.7. The van der Waals surface area contributed by atoms with Gasteiger partial charge in [-0.2, -0.15) is 5.10 Å². The zero-order valence-corrected chi connectivity index (χ0v) is 9.49. The van der Waals surface area contributed by atoms with E-state index in [9.17, 15) is 0 Å². The van der Waals surface area contributed by atoms with Gasteiger partial charge < -0.3 is 10.4 Å². The lowest BCUT2D eigenvalue weighted by Crippen LogP contribution is -2.16. The largest absolute Gasteiger partial charge is 0.330 e. The van der Waals surface area contributed by atoms with Crippen molar-refractivity contribution in [1.82, 2.24) is 9.97 Å². The number of imidazole rings is 1. The fourth-order valence-electron chi connectivity index (χ4n) is 1.11. The van der Waals surface area contributed by atoms with Crippen LogP contribution in [0.3, 0.4) is 0 Å². The van der Waals surface area contributed by atoms with Crippen LogP contribution in [0.15, 0.2) is 22.5 Å². The van der Waals surface area contributed by atoms with Crippen molar-refractivity contribution in [2.45, 2.75) is 19.8 Å². The molecule has 0 radical (unpaired) electrons. The Morgan fingerprint density at radius 3 is 3.06 bits per heavy atom. The summed E-state index contributed by atoms with van der Waals surface area (Å²) >= 11 is 0. The van der Waals surface area contributed by atoms with Gasteiger partial charge in [0.2, 0.25) is 5.95 Å². The third-order valence-electron chi connectivity index (χ3n) is 1.84. The molecule has 3 N–H and O–H groups in total. The molecule has 0 aliphatic carbocycles. The number of hydrogen-bond donors (Lipinski definition) is 3. The van der Waals surface area contributed by atoms with Crippen molar-refractivity contribution in [1.29, 1.82) is 5.41 Å². The van der Waals surface area contributed by atoms with E-state index in [0.29, 0.717) is 23.8 Å². The zero-order valence-electron chi connectivity index (χ0n) is 9.49. The van der Waals surface area contributed by atoms with Crippen LogP contribution in [0.2, 0.25) is 0 Å². The number of H-pyrrole nitrogens is 1. The molecular formula is C10H16N6. The molecule has 1 heterocycles. The van der Waals surface area contributed by atoms with Crippen LogP contribution in [0.25, 0.3) is 0 Å². The van der Waals surface area contributed by atoms with Crippen molar-refractivity contribution >= 4 is 23.6 Å². The summed E-state index contributed by atoms with van der Waals surface area (Å²) in [6, 6.07) is 0. The lowest BCUT2D eigenvalue weighted by molar-refractivity contribution is 0.994. The molecule has 1 aromatic heterocycles. The Morgan fingerprint density at radius 2 is 2.50 bits per heavy atom. The second-order valence-electron chi connectivity index (χ2n) is 3.16. The van der Waals surface area contributed by atoms with Gasteiger partial charge in [0.05, 0.1) is 11.9 Å². The minimum Gasteiger partial charge on any atom is -0.330 e. The van der Waals surface area contributed by atoms with Crippen LogP contribution in [-0.2, 0) is 0 Å². The first kappa shape index (κ1) is 12.1. The molecule has 0 unspecified atom stereocenters. The maximum absolute atomic E-state index is 7.79. The van der Waals surface area contributed by atoms with Crippen molar-refractivity contribution in [2.75, 3.05) is 12.5 Å². The van der Waals surface area contributed by atoms with E-state index in [0.717, 1.165) is 6.42 Å². The van der Waals surface area contributed by atoms with Gasteiger partial charge in [0.25, 0.3) is 0 Å². The molecule has 0 aliphatic rings. The molecule has 0 bridgehead atoms. The highest BCUT2D eigenvalue weighted by Crippen LogP contribution is 1.97. The van der Waals surface area contributed by atoms with Gasteiger partial charge in [0.1, 0.15) is 5.71 Å². The number of nitrogens with zero attached hydrogens (tertiary/aromatic N) is 3. The third-order valence-corrected chi connectivity index (χ3v) is 1.84. The van der Waals surface area contributed by atoms with E-state index in [1.54, 1.807) is 25.7 Å². The maximum atomic E-state index is 7.79. The van der Waals surface area contributed by atoms with Gasteiger partial charge in [0.15, 0.2) is 0 Å². The standard InChI is InChI=1S/C10H16N6/c1-3-4-8(11)9(7-12-2)15-16-10-13-5-6-14-10/h5-7,11H,3-4H2,1-2H3,(H2,13,14,16). The molecule has 1 aromatic rings. The lowest BCUT2D eigenvalue weighted by atomic mass is 10.1. The Morgan fingerprint density at radius 1 is 1.69 bits per heavy atom. The van der Waals surface area contributed by atoms with E-state index in [-0.39, 0.29) is 0 Å². The van der Waals surface area contributed by atoms with Gasteiger partial charge in [-0.1, -0.05) is 13.3 Å². The summed E-state index contributed by atoms with van der Waals surface area (Å²) in [5.74, 6) is 0.548. The van der Waals surface area contributed by atoms with E-state index in [4.69, 9.17) is 5.41 Å². The molecule has 6 heteroatoms. The summed E-state index contributed by atoms with van der Waals surface area (Å²) in [6.45, 7) is 2.02. The van der Waals surface area contributed by atoms with Gasteiger partial charge in [-0.25, -0.2) is 10.4 Å². The molecule has 0 saturated carbocycles. The van der Waals surface area contributed by atoms with Crippen LogP contribution < -0.4 is 5.43 Å². The summed E-state index contributed by atoms with van der Waals surface area (Å²) in [6.07, 6.45) is 6.49. The minimum atomic E-state index is 0.465. The Balaban J connectivity index is 2.69. The summed E-state index contributed by atoms with van der Waals surface area (Å²) in [5, 5.41) is 11.9. The predicted molar refractivity (Wildman–Crippen MR) is 66.7 cm³/mol. The molecule has 0 atom stereocenters. The number of nitrogens with one attached hydrogen (secondary N) is 3. The molecular weight excluding hydrogens is 204 g/mol. The van der Waals surface area contributed by atoms with Crippen LogP contribution in [0.5, 0.6) is 0 Å². The molecule has 16 heavy (non-hydrogen) atoms. The summed E-state index contributed by atoms with van der Waals surface area (Å²) in [7, 11) is 1.65. The molecule has 0 saturated heterocycles. The molecule has 0 spiro atoms. The highest BCUT2D eigenvalue weighted by atomic mass is 15.4. The highest BCUT2D eigenvalue weighted by molar-refractivity contribution is 6.62. The van der Waals surface area contributed by atoms with Gasteiger partial charge >= 0.3 is 0 Å². The van der Waals surface area contributed by atoms with Crippen LogP contribution in [0.1, 0.15) is 19.8 Å². The van der Waals surface area contributed by atoms with Crippen LogP contribution >= 0.6 is 0 Å². The first-order chi connectivity index (χ1) is 7.77. The Bertz CT molecular complexity index is 376. The van der Waals surface area contributed by atoms with E-state index >= 15 is 0 Å². The topological polar surface area (TPSA) is 89.3 Å². The van der Waals surface area contributed by atoms with Crippen LogP contribution in [0, 0.1) is 5.41 Å². The fourth-order valence-corrected chi connectivity index (χ4v) is 1.11. The second kappa shape index (κ2) is 6.49. The first-order valence-corrected chi connectivity index (χ1v) is 5.11. The highest BCUT2D eigenvalue weighted by Gasteiger charge is 2.03. The molecule has 86 valence electrons. The number of hydrazone groups is 1. The Kier molecular flexibility index (Phi) is 4.91. The molecule has 0 aromatic carbocycles. The number of aromatic amines is 1. The van der Waals surface area contributed by atoms with Gasteiger partial charge in [-0.3, -0.25) is 4.99 Å². The zero-order chi connectivity index (χ0) is 11.8. The van der Waals surface area contributed by atoms with Crippen LogP contribution in [-0.4, -0.2) is 34.7 Å². The third kappa shape index (κ3) is 3.64. The van der Waals surface area contributed by atoms with Crippen molar-refractivity contribution < 1.29 is 0 Å². The SMILES string of the molecule is CCCC(=N)C(C=NC)=NNc1ncc[nH]1. The van der Waals surface area contributed by atoms with Gasteiger partial charge in [-0.05, 0) is 6.42 Å². The van der Waals surface area contributed by atoms with E-state index in [1.165, 1.54) is 0 Å². The molecule has 0 amide bonds. The van der Waals surface area contributed by atoms with E-state index in [2.05, 4.69) is 25.5 Å². The lowest BCUT2D eigenvalue weighted by Gasteiger charge is -2.02. The molecule has 0 aliphatic heterocycles. The number of aliphatic imine (C=N–C) groups is 1. The normalized spacial score (nSPS) is 12.0. The van der Waals surface area contributed by atoms with Crippen molar-refractivity contribution in [3.05, 3.63) is 12.4 Å².